The van der Waals surface area contributed by atoms with Gasteiger partial charge in [-0.3, -0.25) is 14.4 Å². The molecule has 0 radical (unpaired) electrons. The monoisotopic (exact) mass is 592 g/mol. The van der Waals surface area contributed by atoms with Crippen LogP contribution >= 0.6 is 0 Å². The number of allylic oxidation sites excluding steroid dienone is 5. The van der Waals surface area contributed by atoms with Gasteiger partial charge in [-0.25, -0.2) is 4.79 Å². The van der Waals surface area contributed by atoms with Crippen LogP contribution < -0.4 is 0 Å². The van der Waals surface area contributed by atoms with Crippen LogP contribution in [0.25, 0.3) is 0 Å². The molecule has 2 spiro atoms. The van der Waals surface area contributed by atoms with Gasteiger partial charge in [-0.15, -0.1) is 0 Å². The summed E-state index contributed by atoms with van der Waals surface area (Å²) in [6.45, 7) is 14.8. The molecule has 0 amide bonds. The summed E-state index contributed by atoms with van der Waals surface area (Å²) in [6.07, 6.45) is 8.79. The Bertz CT molecular complexity index is 1530. The molecule has 0 N–H and O–H groups in total. The third kappa shape index (κ3) is 3.68. The van der Waals surface area contributed by atoms with Crippen LogP contribution in [0.4, 0.5) is 0 Å². The van der Waals surface area contributed by atoms with Crippen LogP contribution in [0.15, 0.2) is 58.4 Å². The predicted octanol–water partition coefficient (Wildman–Crippen LogP) is 4.56. The van der Waals surface area contributed by atoms with Gasteiger partial charge in [0.15, 0.2) is 17.1 Å². The van der Waals surface area contributed by atoms with E-state index >= 15 is 0 Å². The second-order valence-corrected chi connectivity index (χ2v) is 14.2. The van der Waals surface area contributed by atoms with Crippen LogP contribution in [0.2, 0.25) is 0 Å². The number of methoxy groups -OCH3 is 1. The van der Waals surface area contributed by atoms with Gasteiger partial charge >= 0.3 is 5.97 Å². The first-order valence-electron chi connectivity index (χ1n) is 14.9. The Morgan fingerprint density at radius 1 is 0.977 bits per heavy atom. The van der Waals surface area contributed by atoms with Crippen molar-refractivity contribution in [1.82, 2.24) is 0 Å². The number of carbonyl (C=O) groups excluding carboxylic acids is 4. The van der Waals surface area contributed by atoms with E-state index < -0.39 is 63.2 Å². The lowest BCUT2D eigenvalue weighted by atomic mass is 9.50. The van der Waals surface area contributed by atoms with E-state index in [1.807, 2.05) is 53.7 Å². The van der Waals surface area contributed by atoms with Crippen LogP contribution in [0.1, 0.15) is 74.7 Å². The number of rotatable bonds is 5. The normalized spacial score (nSPS) is 39.6. The number of hydrogen-bond donors (Lipinski definition) is 0. The van der Waals surface area contributed by atoms with E-state index in [2.05, 4.69) is 0 Å². The molecule has 9 nitrogen and oxygen atoms in total. The summed E-state index contributed by atoms with van der Waals surface area (Å²) in [4.78, 5) is 57.9. The van der Waals surface area contributed by atoms with E-state index in [1.165, 1.54) is 13.2 Å². The summed E-state index contributed by atoms with van der Waals surface area (Å²) in [7, 11) is 1.44. The molecule has 6 atom stereocenters. The molecule has 2 unspecified atom stereocenters. The molecule has 0 aromatic carbocycles. The zero-order valence-electron chi connectivity index (χ0n) is 26.3. The van der Waals surface area contributed by atoms with Crippen molar-refractivity contribution in [3.63, 3.8) is 0 Å². The van der Waals surface area contributed by atoms with Crippen molar-refractivity contribution in [3.05, 3.63) is 58.4 Å². The zero-order chi connectivity index (χ0) is 31.5. The van der Waals surface area contributed by atoms with Gasteiger partial charge in [0, 0.05) is 19.4 Å². The molecule has 4 aliphatic carbocycles. The first-order chi connectivity index (χ1) is 19.9. The molecule has 43 heavy (non-hydrogen) atoms. The maximum Gasteiger partial charge on any atom is 0.339 e. The predicted molar refractivity (Wildman–Crippen MR) is 154 cm³/mol. The number of Topliss-reactive ketones (excluding diaryl/α,β-unsaturated/α-hetero) is 3. The average molecular weight is 593 g/mol. The van der Waals surface area contributed by atoms with E-state index in [0.717, 1.165) is 11.1 Å². The summed E-state index contributed by atoms with van der Waals surface area (Å²) in [5, 5.41) is 0. The molecule has 3 heterocycles. The minimum absolute atomic E-state index is 0.0647. The molecule has 4 bridgehead atoms. The van der Waals surface area contributed by atoms with Gasteiger partial charge in [-0.2, -0.15) is 0 Å². The molecular formula is C34H40O9. The fraction of sp³-hybridized carbons (Fsp3) is 0.588. The third-order valence-electron chi connectivity index (χ3n) is 9.93. The topological polar surface area (TPSA) is 114 Å². The first-order valence-corrected chi connectivity index (χ1v) is 14.9. The molecule has 3 aliphatic heterocycles. The van der Waals surface area contributed by atoms with Gasteiger partial charge in [-0.05, 0) is 86.5 Å². The lowest BCUT2D eigenvalue weighted by Gasteiger charge is -2.62. The van der Waals surface area contributed by atoms with Crippen LogP contribution in [0.5, 0.6) is 0 Å². The Kier molecular flexibility index (Phi) is 6.23. The van der Waals surface area contributed by atoms with Gasteiger partial charge in [0.25, 0.3) is 11.6 Å². The van der Waals surface area contributed by atoms with E-state index in [9.17, 15) is 19.2 Å². The van der Waals surface area contributed by atoms with Crippen LogP contribution in [-0.4, -0.2) is 64.2 Å². The molecule has 230 valence electrons. The standard InChI is InChI=1S/C34H40O9/c1-18(2)10-11-21-24(35)20-13-14-29(5,6)40-25(20)26(36)34(21)41-27(37)22-16-31(39-9)17-23-30(7,8)42-32(28(31)38,15-12-19(3)4)33(22,23)43-34/h10,12-14,16,21,23H,11,15,17H2,1-9H3/t21?,23-,31-,32?,33-,34+/m0/s1. The van der Waals surface area contributed by atoms with Gasteiger partial charge in [0.05, 0.1) is 22.7 Å². The lowest BCUT2D eigenvalue weighted by molar-refractivity contribution is -0.320. The van der Waals surface area contributed by atoms with E-state index in [1.54, 1.807) is 26.0 Å². The highest BCUT2D eigenvalue weighted by Gasteiger charge is 2.86. The first kappa shape index (κ1) is 29.9. The maximum atomic E-state index is 14.7. The summed E-state index contributed by atoms with van der Waals surface area (Å²) in [6, 6.07) is 0. The second kappa shape index (κ2) is 8.96. The minimum Gasteiger partial charge on any atom is -0.479 e. The van der Waals surface area contributed by atoms with Crippen LogP contribution in [0.3, 0.4) is 0 Å². The van der Waals surface area contributed by atoms with Crippen molar-refractivity contribution in [1.29, 1.82) is 0 Å². The second-order valence-electron chi connectivity index (χ2n) is 14.2. The summed E-state index contributed by atoms with van der Waals surface area (Å²) < 4.78 is 31.8. The molecule has 1 saturated carbocycles. The fourth-order valence-electron chi connectivity index (χ4n) is 7.92. The molecule has 0 aromatic heterocycles. The number of ketones is 3. The minimum atomic E-state index is -2.39. The van der Waals surface area contributed by atoms with Gasteiger partial charge in [-0.1, -0.05) is 23.3 Å². The average Bonchev–Trinajstić information content (AvgIpc) is 3.07. The molecule has 7 rings (SSSR count). The number of ether oxygens (including phenoxy) is 5. The lowest BCUT2D eigenvalue weighted by Crippen LogP contribution is -2.80. The van der Waals surface area contributed by atoms with Crippen molar-refractivity contribution < 1.29 is 42.9 Å². The summed E-state index contributed by atoms with van der Waals surface area (Å²) in [5.41, 5.74) is -4.74. The Morgan fingerprint density at radius 2 is 1.65 bits per heavy atom. The van der Waals surface area contributed by atoms with Crippen molar-refractivity contribution in [2.75, 3.05) is 7.11 Å². The molecule has 0 aromatic rings. The summed E-state index contributed by atoms with van der Waals surface area (Å²) in [5.74, 6) is -6.85. The Morgan fingerprint density at radius 3 is 2.28 bits per heavy atom. The van der Waals surface area contributed by atoms with Crippen molar-refractivity contribution >= 4 is 23.3 Å². The molecule has 2 saturated heterocycles. The van der Waals surface area contributed by atoms with Gasteiger partial charge in [0.2, 0.25) is 5.78 Å². The highest BCUT2D eigenvalue weighted by molar-refractivity contribution is 6.19. The van der Waals surface area contributed by atoms with Crippen molar-refractivity contribution in [3.8, 4) is 0 Å². The zero-order valence-corrected chi connectivity index (χ0v) is 26.3. The Hall–Kier alpha value is -3.14. The number of carbonyl (C=O) groups is 4. The smallest absolute Gasteiger partial charge is 0.339 e. The number of hydrogen-bond acceptors (Lipinski definition) is 9. The molecule has 7 aliphatic rings. The maximum absolute atomic E-state index is 14.7. The van der Waals surface area contributed by atoms with Crippen LogP contribution in [-0.2, 0) is 42.9 Å². The molecular weight excluding hydrogens is 552 g/mol. The molecule has 9 heteroatoms. The van der Waals surface area contributed by atoms with Crippen molar-refractivity contribution in [2.24, 2.45) is 11.8 Å². The SMILES string of the molecule is CO[C@@]12C=C3C(=O)O[C@]4(O[C@]35[C@@H](C1)C(C)(C)OC5(CC=C(C)C)C2=O)C(=O)C1=C(C=CC(C)(C)O1)C(=O)C4CC=C(C)C. The van der Waals surface area contributed by atoms with E-state index in [0.29, 0.717) is 0 Å². The van der Waals surface area contributed by atoms with E-state index in [-0.39, 0.29) is 42.0 Å². The quantitative estimate of drug-likeness (QED) is 0.335. The van der Waals surface area contributed by atoms with E-state index in [4.69, 9.17) is 23.7 Å². The fourth-order valence-corrected chi connectivity index (χ4v) is 7.92. The highest BCUT2D eigenvalue weighted by Crippen LogP contribution is 2.70. The Balaban J connectivity index is 1.64. The summed E-state index contributed by atoms with van der Waals surface area (Å²) >= 11 is 0. The largest absolute Gasteiger partial charge is 0.479 e. The third-order valence-corrected chi connectivity index (χ3v) is 9.93. The van der Waals surface area contributed by atoms with Gasteiger partial charge in [0.1, 0.15) is 16.8 Å². The highest BCUT2D eigenvalue weighted by atomic mass is 16.8. The van der Waals surface area contributed by atoms with Crippen molar-refractivity contribution in [2.45, 2.75) is 108 Å². The Labute approximate surface area is 252 Å². The number of esters is 1. The molecule has 3 fully saturated rings. The van der Waals surface area contributed by atoms with Crippen LogP contribution in [0, 0.1) is 11.8 Å². The van der Waals surface area contributed by atoms with Gasteiger partial charge < -0.3 is 23.7 Å².